The summed E-state index contributed by atoms with van der Waals surface area (Å²) in [5, 5.41) is 10.5. The van der Waals surface area contributed by atoms with Crippen molar-refractivity contribution in [3.05, 3.63) is 29.3 Å². The van der Waals surface area contributed by atoms with Crippen LogP contribution in [0.2, 0.25) is 0 Å². The van der Waals surface area contributed by atoms with Gasteiger partial charge in [-0.15, -0.1) is 11.3 Å². The van der Waals surface area contributed by atoms with E-state index in [0.29, 0.717) is 18.4 Å². The molecule has 0 radical (unpaired) electrons. The highest BCUT2D eigenvalue weighted by atomic mass is 32.1. The number of nitrogens with one attached hydrogen (secondary N) is 3. The molecule has 1 aliphatic rings. The van der Waals surface area contributed by atoms with E-state index in [2.05, 4.69) is 22.5 Å². The summed E-state index contributed by atoms with van der Waals surface area (Å²) in [6.45, 7) is 5.56. The van der Waals surface area contributed by atoms with Crippen molar-refractivity contribution in [1.82, 2.24) is 10.6 Å². The van der Waals surface area contributed by atoms with Crippen molar-refractivity contribution in [2.24, 2.45) is 0 Å². The number of hydrogen-bond donors (Lipinski definition) is 3. The van der Waals surface area contributed by atoms with E-state index in [9.17, 15) is 14.4 Å². The van der Waals surface area contributed by atoms with Crippen molar-refractivity contribution in [2.45, 2.75) is 32.2 Å². The summed E-state index contributed by atoms with van der Waals surface area (Å²) >= 11 is 1.42. The van der Waals surface area contributed by atoms with Crippen LogP contribution in [0.4, 0.5) is 5.00 Å². The van der Waals surface area contributed by atoms with Gasteiger partial charge in [-0.1, -0.05) is 13.5 Å². The number of amides is 3. The Morgan fingerprint density at radius 1 is 1.57 bits per heavy atom. The smallest absolute Gasteiger partial charge is 0.253 e. The van der Waals surface area contributed by atoms with Crippen LogP contribution in [0.15, 0.2) is 18.2 Å². The van der Waals surface area contributed by atoms with Crippen LogP contribution in [0.25, 0.3) is 0 Å². The lowest BCUT2D eigenvalue weighted by atomic mass is 10.0. The minimum Gasteiger partial charge on any atom is -0.354 e. The van der Waals surface area contributed by atoms with Crippen LogP contribution in [-0.4, -0.2) is 23.8 Å². The van der Waals surface area contributed by atoms with Gasteiger partial charge in [0.1, 0.15) is 6.04 Å². The van der Waals surface area contributed by atoms with E-state index in [1.807, 2.05) is 6.92 Å². The van der Waals surface area contributed by atoms with Gasteiger partial charge in [0.05, 0.1) is 10.6 Å². The summed E-state index contributed by atoms with van der Waals surface area (Å²) in [6.07, 6.45) is 2.83. The maximum absolute atomic E-state index is 12.3. The molecule has 1 fully saturated rings. The van der Waals surface area contributed by atoms with Gasteiger partial charge in [0, 0.05) is 11.8 Å². The molecule has 0 spiro atoms. The molecule has 1 atom stereocenters. The van der Waals surface area contributed by atoms with Crippen LogP contribution in [0, 0.1) is 0 Å². The Kier molecular flexibility index (Phi) is 4.74. The fourth-order valence-electron chi connectivity index (χ4n) is 2.21. The highest BCUT2D eigenvalue weighted by molar-refractivity contribution is 7.14. The van der Waals surface area contributed by atoms with Gasteiger partial charge in [0.2, 0.25) is 11.8 Å². The molecule has 3 amide bonds. The van der Waals surface area contributed by atoms with E-state index < -0.39 is 11.9 Å². The van der Waals surface area contributed by atoms with Crippen molar-refractivity contribution in [3.63, 3.8) is 0 Å². The Labute approximate surface area is 126 Å². The first kappa shape index (κ1) is 15.2. The Morgan fingerprint density at radius 3 is 2.95 bits per heavy atom. The standard InChI is InChI=1S/C14H17N3O3S/c1-3-8-9(7-21-14(8)15-4-2)12(19)16-10-5-6-11(18)17-13(10)20/h4,7,10,15H,2-3,5-6H2,1H3,(H,16,19)(H,17,18,20). The lowest BCUT2D eigenvalue weighted by molar-refractivity contribution is -0.134. The first-order valence-corrected chi connectivity index (χ1v) is 7.57. The SMILES string of the molecule is C=CNc1scc(C(=O)NC2CCC(=O)NC2=O)c1CC. The van der Waals surface area contributed by atoms with Gasteiger partial charge in [-0.3, -0.25) is 19.7 Å². The molecule has 21 heavy (non-hydrogen) atoms. The number of piperidine rings is 1. The molecule has 7 heteroatoms. The van der Waals surface area contributed by atoms with Crippen LogP contribution in [-0.2, 0) is 16.0 Å². The summed E-state index contributed by atoms with van der Waals surface area (Å²) < 4.78 is 0. The zero-order chi connectivity index (χ0) is 15.4. The number of carbonyl (C=O) groups is 3. The molecule has 0 aliphatic carbocycles. The van der Waals surface area contributed by atoms with Crippen molar-refractivity contribution in [3.8, 4) is 0 Å². The topological polar surface area (TPSA) is 87.3 Å². The minimum absolute atomic E-state index is 0.240. The fourth-order valence-corrected chi connectivity index (χ4v) is 3.24. The molecule has 0 bridgehead atoms. The average molecular weight is 307 g/mol. The van der Waals surface area contributed by atoms with Crippen LogP contribution in [0.1, 0.15) is 35.7 Å². The maximum Gasteiger partial charge on any atom is 0.253 e. The lowest BCUT2D eigenvalue weighted by Crippen LogP contribution is -2.52. The van der Waals surface area contributed by atoms with Crippen molar-refractivity contribution in [2.75, 3.05) is 5.32 Å². The number of thiophene rings is 1. The molecule has 1 saturated heterocycles. The van der Waals surface area contributed by atoms with Crippen molar-refractivity contribution in [1.29, 1.82) is 0 Å². The second-order valence-electron chi connectivity index (χ2n) is 4.64. The van der Waals surface area contributed by atoms with E-state index in [-0.39, 0.29) is 18.2 Å². The molecule has 1 aliphatic heterocycles. The van der Waals surface area contributed by atoms with Gasteiger partial charge in [-0.25, -0.2) is 0 Å². The van der Waals surface area contributed by atoms with E-state index in [1.54, 1.807) is 11.6 Å². The molecule has 112 valence electrons. The van der Waals surface area contributed by atoms with E-state index in [0.717, 1.165) is 10.6 Å². The summed E-state index contributed by atoms with van der Waals surface area (Å²) in [6, 6.07) is -0.657. The van der Waals surface area contributed by atoms with Gasteiger partial charge in [-0.2, -0.15) is 0 Å². The largest absolute Gasteiger partial charge is 0.354 e. The van der Waals surface area contributed by atoms with Crippen LogP contribution >= 0.6 is 11.3 Å². The molecule has 0 aromatic carbocycles. The third kappa shape index (κ3) is 3.30. The number of imide groups is 1. The van der Waals surface area contributed by atoms with Gasteiger partial charge in [0.15, 0.2) is 0 Å². The predicted molar refractivity (Wildman–Crippen MR) is 81.2 cm³/mol. The highest BCUT2D eigenvalue weighted by Gasteiger charge is 2.29. The predicted octanol–water partition coefficient (Wildman–Crippen LogP) is 1.40. The second kappa shape index (κ2) is 6.53. The number of carbonyl (C=O) groups excluding carboxylic acids is 3. The monoisotopic (exact) mass is 307 g/mol. The molecule has 3 N–H and O–H groups in total. The summed E-state index contributed by atoms with van der Waals surface area (Å²) in [4.78, 5) is 35.1. The third-order valence-corrected chi connectivity index (χ3v) is 4.22. The summed E-state index contributed by atoms with van der Waals surface area (Å²) in [7, 11) is 0. The Balaban J connectivity index is 2.11. The average Bonchev–Trinajstić information content (AvgIpc) is 2.85. The normalized spacial score (nSPS) is 18.0. The molecule has 0 saturated carbocycles. The molecule has 1 unspecified atom stereocenters. The fraction of sp³-hybridized carbons (Fsp3) is 0.357. The Hall–Kier alpha value is -2.15. The second-order valence-corrected chi connectivity index (χ2v) is 5.52. The first-order valence-electron chi connectivity index (χ1n) is 6.69. The first-order chi connectivity index (χ1) is 10.1. The van der Waals surface area contributed by atoms with E-state index in [4.69, 9.17) is 0 Å². The summed E-state index contributed by atoms with van der Waals surface area (Å²) in [5.74, 6) is -1.04. The molecule has 1 aromatic rings. The van der Waals surface area contributed by atoms with Gasteiger partial charge in [0.25, 0.3) is 5.91 Å². The molecular formula is C14H17N3O3S. The molecular weight excluding hydrogens is 290 g/mol. The Morgan fingerprint density at radius 2 is 2.33 bits per heavy atom. The molecule has 2 rings (SSSR count). The van der Waals surface area contributed by atoms with Gasteiger partial charge in [-0.05, 0) is 24.6 Å². The molecule has 6 nitrogen and oxygen atoms in total. The zero-order valence-corrected chi connectivity index (χ0v) is 12.5. The van der Waals surface area contributed by atoms with Crippen LogP contribution in [0.3, 0.4) is 0 Å². The van der Waals surface area contributed by atoms with E-state index >= 15 is 0 Å². The zero-order valence-electron chi connectivity index (χ0n) is 11.7. The van der Waals surface area contributed by atoms with Crippen LogP contribution in [0.5, 0.6) is 0 Å². The van der Waals surface area contributed by atoms with Crippen LogP contribution < -0.4 is 16.0 Å². The number of rotatable bonds is 5. The third-order valence-electron chi connectivity index (χ3n) is 3.27. The number of anilines is 1. The maximum atomic E-state index is 12.3. The van der Waals surface area contributed by atoms with E-state index in [1.165, 1.54) is 11.3 Å². The lowest BCUT2D eigenvalue weighted by Gasteiger charge is -2.21. The number of hydrogen-bond acceptors (Lipinski definition) is 5. The minimum atomic E-state index is -0.657. The van der Waals surface area contributed by atoms with Gasteiger partial charge >= 0.3 is 0 Å². The molecule has 2 heterocycles. The van der Waals surface area contributed by atoms with Gasteiger partial charge < -0.3 is 10.6 Å². The Bertz CT molecular complexity index is 594. The summed E-state index contributed by atoms with van der Waals surface area (Å²) in [5.41, 5.74) is 1.45. The molecule has 1 aromatic heterocycles. The highest BCUT2D eigenvalue weighted by Crippen LogP contribution is 2.29. The quantitative estimate of drug-likeness (QED) is 0.718. The van der Waals surface area contributed by atoms with Crippen molar-refractivity contribution < 1.29 is 14.4 Å². The van der Waals surface area contributed by atoms with Crippen molar-refractivity contribution >= 4 is 34.1 Å².